The van der Waals surface area contributed by atoms with E-state index in [1.165, 1.54) is 0 Å². The summed E-state index contributed by atoms with van der Waals surface area (Å²) in [5.41, 5.74) is -0.0500. The normalized spacial score (nSPS) is 12.1. The van der Waals surface area contributed by atoms with Gasteiger partial charge in [0.1, 0.15) is 0 Å². The van der Waals surface area contributed by atoms with Gasteiger partial charge in [-0.1, -0.05) is 46.8 Å². The van der Waals surface area contributed by atoms with Crippen LogP contribution in [0.25, 0.3) is 6.08 Å². The van der Waals surface area contributed by atoms with Crippen LogP contribution in [0.3, 0.4) is 0 Å². The maximum absolute atomic E-state index is 11.2. The molecule has 6 heteroatoms. The van der Waals surface area contributed by atoms with Gasteiger partial charge in [0.15, 0.2) is 0 Å². The largest absolute Gasteiger partial charge is 0.283 e. The van der Waals surface area contributed by atoms with Crippen molar-refractivity contribution in [3.63, 3.8) is 0 Å². The highest BCUT2D eigenvalue weighted by Gasteiger charge is 2.29. The Morgan fingerprint density at radius 1 is 1.05 bits per heavy atom. The lowest BCUT2D eigenvalue weighted by molar-refractivity contribution is -0.394. The minimum atomic E-state index is -0.584. The Hall–Kier alpha value is -2.24. The van der Waals surface area contributed by atoms with Gasteiger partial charge >= 0.3 is 0 Å². The third kappa shape index (κ3) is 4.11. The summed E-state index contributed by atoms with van der Waals surface area (Å²) < 4.78 is 0. The van der Waals surface area contributed by atoms with Crippen molar-refractivity contribution in [1.82, 2.24) is 0 Å². The molecule has 1 aromatic carbocycles. The minimum Gasteiger partial charge on any atom is -0.258 e. The molecule has 1 aromatic rings. The molecule has 0 atom stereocenters. The van der Waals surface area contributed by atoms with E-state index in [-0.39, 0.29) is 17.3 Å². The Balaban J connectivity index is 3.63. The molecule has 0 bridgehead atoms. The Morgan fingerprint density at radius 3 is 1.95 bits per heavy atom. The number of hydrogen-bond donors (Lipinski definition) is 0. The predicted molar refractivity (Wildman–Crippen MR) is 82.3 cm³/mol. The first kappa shape index (κ1) is 16.8. The molecule has 0 heterocycles. The van der Waals surface area contributed by atoms with Gasteiger partial charge in [0, 0.05) is 5.56 Å². The van der Waals surface area contributed by atoms with Crippen molar-refractivity contribution in [3.05, 3.63) is 49.6 Å². The van der Waals surface area contributed by atoms with Gasteiger partial charge in [0.2, 0.25) is 0 Å². The van der Waals surface area contributed by atoms with Crippen LogP contribution in [0.4, 0.5) is 11.4 Å². The molecule has 0 N–H and O–H groups in total. The van der Waals surface area contributed by atoms with E-state index in [0.717, 1.165) is 6.07 Å². The number of benzene rings is 1. The number of allylic oxidation sites excluding steroid dienone is 1. The van der Waals surface area contributed by atoms with Crippen LogP contribution >= 0.6 is 0 Å². The summed E-state index contributed by atoms with van der Waals surface area (Å²) in [5, 5.41) is 22.3. The number of nitro groups is 2. The summed E-state index contributed by atoms with van der Waals surface area (Å²) in [6.07, 6.45) is 3.49. The second-order valence-electron chi connectivity index (χ2n) is 6.30. The van der Waals surface area contributed by atoms with E-state index in [1.54, 1.807) is 12.1 Å². The molecule has 1 rings (SSSR count). The highest BCUT2D eigenvalue weighted by atomic mass is 16.6. The second kappa shape index (κ2) is 6.03. The maximum atomic E-state index is 11.2. The van der Waals surface area contributed by atoms with Crippen LogP contribution in [0.15, 0.2) is 18.2 Å². The fraction of sp³-hybridized carbons (Fsp3) is 0.467. The summed E-state index contributed by atoms with van der Waals surface area (Å²) in [5.74, 6) is 0.234. The zero-order valence-corrected chi connectivity index (χ0v) is 12.9. The molecule has 0 saturated carbocycles. The SMILES string of the molecule is CC(C)/C=C/c1cc(C(C)(C)C)c([N+](=O)[O-])cc1[N+](=O)[O-]. The third-order valence-corrected chi connectivity index (χ3v) is 3.01. The smallest absolute Gasteiger partial charge is 0.258 e. The fourth-order valence-corrected chi connectivity index (χ4v) is 1.93. The zero-order valence-electron chi connectivity index (χ0n) is 12.9. The van der Waals surface area contributed by atoms with Crippen molar-refractivity contribution >= 4 is 17.5 Å². The monoisotopic (exact) mass is 292 g/mol. The quantitative estimate of drug-likeness (QED) is 0.605. The van der Waals surface area contributed by atoms with Gasteiger partial charge in [-0.2, -0.15) is 0 Å². The summed E-state index contributed by atoms with van der Waals surface area (Å²) in [6, 6.07) is 2.61. The second-order valence-corrected chi connectivity index (χ2v) is 6.30. The molecule has 114 valence electrons. The standard InChI is InChI=1S/C15H20N2O4/c1-10(2)6-7-11-8-12(15(3,4)5)14(17(20)21)9-13(11)16(18)19/h6-10H,1-5H3/b7-6+. The summed E-state index contributed by atoms with van der Waals surface area (Å²) in [7, 11) is 0. The zero-order chi connectivity index (χ0) is 16.4. The Labute approximate surface area is 123 Å². The minimum absolute atomic E-state index is 0.212. The maximum Gasteiger partial charge on any atom is 0.283 e. The Bertz CT molecular complexity index is 598. The van der Waals surface area contributed by atoms with Gasteiger partial charge in [-0.25, -0.2) is 0 Å². The Morgan fingerprint density at radius 2 is 1.57 bits per heavy atom. The van der Waals surface area contributed by atoms with Crippen molar-refractivity contribution in [1.29, 1.82) is 0 Å². The highest BCUT2D eigenvalue weighted by molar-refractivity contribution is 5.67. The van der Waals surface area contributed by atoms with Gasteiger partial charge in [-0.05, 0) is 17.4 Å². The van der Waals surface area contributed by atoms with Crippen molar-refractivity contribution < 1.29 is 9.85 Å². The summed E-state index contributed by atoms with van der Waals surface area (Å²) >= 11 is 0. The summed E-state index contributed by atoms with van der Waals surface area (Å²) in [4.78, 5) is 21.2. The van der Waals surface area contributed by atoms with E-state index in [1.807, 2.05) is 40.7 Å². The van der Waals surface area contributed by atoms with Gasteiger partial charge < -0.3 is 0 Å². The van der Waals surface area contributed by atoms with E-state index in [0.29, 0.717) is 11.1 Å². The van der Waals surface area contributed by atoms with Crippen LogP contribution < -0.4 is 0 Å². The van der Waals surface area contributed by atoms with E-state index in [2.05, 4.69) is 0 Å². The fourth-order valence-electron chi connectivity index (χ4n) is 1.93. The molecule has 6 nitrogen and oxygen atoms in total. The van der Waals surface area contributed by atoms with Crippen LogP contribution in [0.2, 0.25) is 0 Å². The van der Waals surface area contributed by atoms with Gasteiger partial charge in [0.25, 0.3) is 11.4 Å². The van der Waals surface area contributed by atoms with Crippen LogP contribution in [0.1, 0.15) is 45.7 Å². The first-order valence-corrected chi connectivity index (χ1v) is 6.69. The third-order valence-electron chi connectivity index (χ3n) is 3.01. The summed E-state index contributed by atoms with van der Waals surface area (Å²) in [6.45, 7) is 9.45. The molecule has 0 aliphatic carbocycles. The number of nitrogens with zero attached hydrogens (tertiary/aromatic N) is 2. The van der Waals surface area contributed by atoms with Crippen molar-refractivity contribution in [2.45, 2.75) is 40.0 Å². The van der Waals surface area contributed by atoms with Gasteiger partial charge in [-0.3, -0.25) is 20.2 Å². The first-order valence-electron chi connectivity index (χ1n) is 6.69. The molecule has 0 spiro atoms. The lowest BCUT2D eigenvalue weighted by Crippen LogP contribution is -2.14. The molecule has 0 aliphatic heterocycles. The molecule has 0 saturated heterocycles. The predicted octanol–water partition coefficient (Wildman–Crippen LogP) is 4.47. The number of rotatable bonds is 4. The molecular weight excluding hydrogens is 272 g/mol. The van der Waals surface area contributed by atoms with Crippen LogP contribution in [0.5, 0.6) is 0 Å². The average Bonchev–Trinajstić information content (AvgIpc) is 2.33. The highest BCUT2D eigenvalue weighted by Crippen LogP contribution is 2.36. The first-order chi connectivity index (χ1) is 9.54. The lowest BCUT2D eigenvalue weighted by atomic mass is 9.84. The van der Waals surface area contributed by atoms with Crippen molar-refractivity contribution in [2.24, 2.45) is 5.92 Å². The van der Waals surface area contributed by atoms with E-state index in [4.69, 9.17) is 0 Å². The molecule has 0 aliphatic rings. The molecule has 0 fully saturated rings. The van der Waals surface area contributed by atoms with E-state index >= 15 is 0 Å². The average molecular weight is 292 g/mol. The van der Waals surface area contributed by atoms with Crippen LogP contribution in [-0.2, 0) is 5.41 Å². The van der Waals surface area contributed by atoms with Crippen molar-refractivity contribution in [3.8, 4) is 0 Å². The van der Waals surface area contributed by atoms with E-state index < -0.39 is 15.3 Å². The molecule has 0 radical (unpaired) electrons. The molecule has 0 aromatic heterocycles. The van der Waals surface area contributed by atoms with Crippen molar-refractivity contribution in [2.75, 3.05) is 0 Å². The molecule has 0 unspecified atom stereocenters. The van der Waals surface area contributed by atoms with Gasteiger partial charge in [0.05, 0.1) is 21.5 Å². The van der Waals surface area contributed by atoms with Crippen LogP contribution in [0, 0.1) is 26.1 Å². The number of nitro benzene ring substituents is 2. The van der Waals surface area contributed by atoms with Crippen LogP contribution in [-0.4, -0.2) is 9.85 Å². The number of hydrogen-bond acceptors (Lipinski definition) is 4. The molecule has 0 amide bonds. The lowest BCUT2D eigenvalue weighted by Gasteiger charge is -2.19. The molecule has 21 heavy (non-hydrogen) atoms. The topological polar surface area (TPSA) is 86.3 Å². The molecular formula is C15H20N2O4. The Kier molecular flexibility index (Phi) is 4.83. The van der Waals surface area contributed by atoms with Gasteiger partial charge in [-0.15, -0.1) is 0 Å². The van der Waals surface area contributed by atoms with E-state index in [9.17, 15) is 20.2 Å².